The molecule has 0 aliphatic carbocycles. The van der Waals surface area contributed by atoms with Crippen LogP contribution in [0.5, 0.6) is 0 Å². The van der Waals surface area contributed by atoms with Crippen LogP contribution in [0.2, 0.25) is 0 Å². The number of hydrogen-bond acceptors (Lipinski definition) is 6. The van der Waals surface area contributed by atoms with Gasteiger partial charge in [0.1, 0.15) is 17.8 Å². The summed E-state index contributed by atoms with van der Waals surface area (Å²) in [6, 6.07) is 13.6. The number of nitriles is 2. The molecule has 0 aromatic carbocycles. The minimum Gasteiger partial charge on any atom is -0.291 e. The molecule has 6 nitrogen and oxygen atoms in total. The molecule has 162 valence electrons. The first-order valence-corrected chi connectivity index (χ1v) is 13.1. The van der Waals surface area contributed by atoms with Crippen molar-refractivity contribution in [2.45, 2.75) is 15.5 Å². The van der Waals surface area contributed by atoms with E-state index in [2.05, 4.69) is 54.2 Å². The molecular weight excluding hydrogens is 718 g/mol. The number of aromatic nitrogens is 2. The largest absolute Gasteiger partial charge is 0.291 e. The summed E-state index contributed by atoms with van der Waals surface area (Å²) in [5, 5.41) is 16.6. The zero-order valence-corrected chi connectivity index (χ0v) is 23.5. The third kappa shape index (κ3) is 18.2. The Morgan fingerprint density at radius 1 is 0.967 bits per heavy atom. The minimum atomic E-state index is -0.799. The van der Waals surface area contributed by atoms with Gasteiger partial charge in [-0.3, -0.25) is 19.6 Å². The molecule has 0 amide bonds. The van der Waals surface area contributed by atoms with Crippen molar-refractivity contribution in [3.05, 3.63) is 60.2 Å². The Morgan fingerprint density at radius 2 is 1.40 bits per heavy atom. The van der Waals surface area contributed by atoms with Gasteiger partial charge in [0.05, 0.1) is 12.1 Å². The molecule has 0 aliphatic heterocycles. The maximum absolute atomic E-state index is 11.2. The van der Waals surface area contributed by atoms with Gasteiger partial charge in [-0.15, -0.1) is 17.0 Å². The Labute approximate surface area is 223 Å². The number of hydrogen-bond donors (Lipinski definition) is 0. The molecule has 2 aromatic heterocycles. The van der Waals surface area contributed by atoms with E-state index in [0.717, 1.165) is 0 Å². The van der Waals surface area contributed by atoms with E-state index in [-0.39, 0.29) is 35.0 Å². The minimum absolute atomic E-state index is 0. The molecular formula is C17H13Br4Cl3N4O2. The van der Waals surface area contributed by atoms with Crippen molar-refractivity contribution >= 4 is 108 Å². The van der Waals surface area contributed by atoms with E-state index in [0.29, 0.717) is 11.4 Å². The lowest BCUT2D eigenvalue weighted by molar-refractivity contribution is 0.0987. The van der Waals surface area contributed by atoms with Crippen LogP contribution in [-0.2, 0) is 0 Å². The van der Waals surface area contributed by atoms with E-state index < -0.39 is 9.12 Å². The average molecular weight is 731 g/mol. The fourth-order valence-corrected chi connectivity index (χ4v) is 1.62. The molecule has 0 bridgehead atoms. The first kappa shape index (κ1) is 34.0. The third-order valence-electron chi connectivity index (χ3n) is 2.45. The fourth-order valence-electron chi connectivity index (χ4n) is 1.39. The zero-order chi connectivity index (χ0) is 22.7. The van der Waals surface area contributed by atoms with Crippen molar-refractivity contribution in [1.29, 1.82) is 10.5 Å². The number of pyridine rings is 2. The van der Waals surface area contributed by atoms with Gasteiger partial charge in [-0.2, -0.15) is 10.5 Å². The van der Waals surface area contributed by atoms with Crippen LogP contribution in [0.4, 0.5) is 0 Å². The van der Waals surface area contributed by atoms with Gasteiger partial charge in [0, 0.05) is 40.6 Å². The molecule has 1 atom stereocenters. The maximum Gasteiger partial charge on any atom is 0.208 e. The van der Waals surface area contributed by atoms with Crippen LogP contribution in [-0.4, -0.2) is 30.7 Å². The van der Waals surface area contributed by atoms with Gasteiger partial charge < -0.3 is 0 Å². The third-order valence-corrected chi connectivity index (χ3v) is 3.07. The van der Waals surface area contributed by atoms with E-state index in [9.17, 15) is 9.59 Å². The fraction of sp³-hybridized carbons (Fsp3) is 0.176. The van der Waals surface area contributed by atoms with E-state index in [4.69, 9.17) is 45.3 Å². The van der Waals surface area contributed by atoms with Crippen molar-refractivity contribution < 1.29 is 9.59 Å². The molecule has 13 heteroatoms. The molecule has 0 radical (unpaired) electrons. The van der Waals surface area contributed by atoms with Gasteiger partial charge in [0.15, 0.2) is 14.9 Å². The highest BCUT2D eigenvalue weighted by Gasteiger charge is 2.16. The lowest BCUT2D eigenvalue weighted by Crippen LogP contribution is -2.12. The quantitative estimate of drug-likeness (QED) is 0.248. The van der Waals surface area contributed by atoms with E-state index in [1.807, 2.05) is 0 Å². The number of halogens is 7. The first-order valence-electron chi connectivity index (χ1n) is 7.20. The molecule has 0 saturated carbocycles. The zero-order valence-electron chi connectivity index (χ0n) is 14.8. The second-order valence-corrected chi connectivity index (χ2v) is 7.19. The topological polar surface area (TPSA) is 107 Å². The Kier molecular flexibility index (Phi) is 26.2. The van der Waals surface area contributed by atoms with Crippen LogP contribution in [0.1, 0.15) is 27.4 Å². The molecule has 2 heterocycles. The van der Waals surface area contributed by atoms with Crippen LogP contribution >= 0.6 is 96.0 Å². The van der Waals surface area contributed by atoms with E-state index in [1.54, 1.807) is 48.5 Å². The number of rotatable bonds is 4. The van der Waals surface area contributed by atoms with Crippen molar-refractivity contribution in [2.75, 3.05) is 0 Å². The molecule has 0 N–H and O–H groups in total. The molecule has 30 heavy (non-hydrogen) atoms. The number of Topliss-reactive ketones (excluding diaryl/α,β-unsaturated/α-hetero) is 2. The second kappa shape index (κ2) is 23.1. The number of carbonyl (C=O) groups excluding carboxylic acids is 2. The summed E-state index contributed by atoms with van der Waals surface area (Å²) in [4.78, 5) is 29.0. The standard InChI is InChI=1S/C8H5BrN2O.C8H6N2O.CHCl3.Br2.BrH/c9-6(5-10)8(12)7-3-1-2-4-11-7;9-5-4-8(11)7-3-1-2-6-10-7;2-1(3)4;1-2;/h1-4,6H;1-3,6H,4H2;1H;;1H. The van der Waals surface area contributed by atoms with Gasteiger partial charge in [-0.1, -0.05) is 62.9 Å². The highest BCUT2D eigenvalue weighted by molar-refractivity contribution is 9.93. The normalized spacial score (nSPS) is 9.23. The predicted octanol–water partition coefficient (Wildman–Crippen LogP) is 6.98. The summed E-state index contributed by atoms with van der Waals surface area (Å²) < 4.78 is -0.750. The lowest BCUT2D eigenvalue weighted by Gasteiger charge is -1.97. The van der Waals surface area contributed by atoms with Crippen molar-refractivity contribution in [2.24, 2.45) is 0 Å². The monoisotopic (exact) mass is 726 g/mol. The second-order valence-electron chi connectivity index (χ2n) is 4.29. The highest BCUT2D eigenvalue weighted by Crippen LogP contribution is 2.06. The maximum atomic E-state index is 11.2. The number of ketones is 2. The van der Waals surface area contributed by atoms with Gasteiger partial charge >= 0.3 is 0 Å². The van der Waals surface area contributed by atoms with Crippen molar-refractivity contribution in [3.63, 3.8) is 0 Å². The smallest absolute Gasteiger partial charge is 0.208 e. The molecule has 1 unspecified atom stereocenters. The summed E-state index contributed by atoms with van der Waals surface area (Å²) >= 11 is 22.8. The number of nitrogens with zero attached hydrogens (tertiary/aromatic N) is 4. The Morgan fingerprint density at radius 3 is 1.73 bits per heavy atom. The molecule has 0 fully saturated rings. The predicted molar refractivity (Wildman–Crippen MR) is 135 cm³/mol. The summed E-state index contributed by atoms with van der Waals surface area (Å²) in [5.74, 6) is -0.536. The summed E-state index contributed by atoms with van der Waals surface area (Å²) in [7, 11) is 0. The average Bonchev–Trinajstić information content (AvgIpc) is 2.75. The van der Waals surface area contributed by atoms with Crippen LogP contribution < -0.4 is 0 Å². The molecule has 2 aromatic rings. The van der Waals surface area contributed by atoms with Gasteiger partial charge in [0.25, 0.3) is 0 Å². The molecule has 0 aliphatic rings. The Balaban J connectivity index is -0.000000377. The van der Waals surface area contributed by atoms with Crippen LogP contribution in [0.25, 0.3) is 0 Å². The van der Waals surface area contributed by atoms with Crippen LogP contribution in [0.3, 0.4) is 0 Å². The summed E-state index contributed by atoms with van der Waals surface area (Å²) in [5.41, 5.74) is 0.662. The van der Waals surface area contributed by atoms with Crippen molar-refractivity contribution in [1.82, 2.24) is 9.97 Å². The SMILES string of the molecule is Br.BrBr.ClC(Cl)Cl.N#CC(Br)C(=O)c1ccccn1.N#CCC(=O)c1ccccn1. The van der Waals surface area contributed by atoms with Gasteiger partial charge in [0.2, 0.25) is 5.78 Å². The number of carbonyl (C=O) groups is 2. The summed E-state index contributed by atoms with van der Waals surface area (Å²) in [6.45, 7) is 0. The highest BCUT2D eigenvalue weighted by atomic mass is 80.9. The van der Waals surface area contributed by atoms with E-state index in [1.165, 1.54) is 12.4 Å². The van der Waals surface area contributed by atoms with Crippen LogP contribution in [0.15, 0.2) is 48.8 Å². The van der Waals surface area contributed by atoms with Gasteiger partial charge in [-0.25, -0.2) is 0 Å². The Bertz CT molecular complexity index is 801. The van der Waals surface area contributed by atoms with Gasteiger partial charge in [-0.05, 0) is 24.3 Å². The first-order chi connectivity index (χ1) is 13.8. The molecule has 0 spiro atoms. The Hall–Kier alpha value is -0.590. The number of alkyl halides is 4. The molecule has 2 rings (SSSR count). The van der Waals surface area contributed by atoms with E-state index >= 15 is 0 Å². The summed E-state index contributed by atoms with van der Waals surface area (Å²) in [6.07, 6.45) is 2.95. The van der Waals surface area contributed by atoms with Crippen LogP contribution in [0, 0.1) is 22.7 Å². The molecule has 0 saturated heterocycles. The lowest BCUT2D eigenvalue weighted by atomic mass is 10.2. The van der Waals surface area contributed by atoms with Crippen molar-refractivity contribution in [3.8, 4) is 12.1 Å².